The molecule has 0 aliphatic heterocycles. The van der Waals surface area contributed by atoms with E-state index >= 15 is 0 Å². The highest BCUT2D eigenvalue weighted by molar-refractivity contribution is 5.28. The van der Waals surface area contributed by atoms with Gasteiger partial charge in [0.25, 0.3) is 0 Å². The van der Waals surface area contributed by atoms with E-state index in [0.717, 1.165) is 11.6 Å². The predicted molar refractivity (Wildman–Crippen MR) is 68.8 cm³/mol. The van der Waals surface area contributed by atoms with Crippen LogP contribution in [0.1, 0.15) is 75.7 Å². The Bertz CT molecular complexity index is 328. The van der Waals surface area contributed by atoms with Gasteiger partial charge in [-0.25, -0.2) is 0 Å². The Labute approximate surface area is 99.5 Å². The Kier molecular flexibility index (Phi) is 4.91. The molecular weight excluding hydrogens is 196 g/mol. The lowest BCUT2D eigenvalue weighted by Crippen LogP contribution is -2.14. The average molecular weight is 220 g/mol. The molecular formula is C14H24N2. The lowest BCUT2D eigenvalue weighted by atomic mass is 9.78. The van der Waals surface area contributed by atoms with Crippen molar-refractivity contribution in [1.82, 2.24) is 10.2 Å². The highest BCUT2D eigenvalue weighted by atomic mass is 15.1. The third kappa shape index (κ3) is 2.81. The van der Waals surface area contributed by atoms with Crippen molar-refractivity contribution in [2.45, 2.75) is 65.7 Å². The van der Waals surface area contributed by atoms with E-state index in [1.165, 1.54) is 30.5 Å². The summed E-state index contributed by atoms with van der Waals surface area (Å²) in [7, 11) is 0. The SMILES string of the molecule is CC.Cc1cc(C2CCC2)c(C(C)C)nn1. The molecule has 0 atom stereocenters. The van der Waals surface area contributed by atoms with Crippen molar-refractivity contribution < 1.29 is 0 Å². The molecule has 0 saturated heterocycles. The van der Waals surface area contributed by atoms with E-state index in [9.17, 15) is 0 Å². The smallest absolute Gasteiger partial charge is 0.0691 e. The molecule has 0 bridgehead atoms. The molecule has 1 aromatic heterocycles. The summed E-state index contributed by atoms with van der Waals surface area (Å²) in [5.41, 5.74) is 3.72. The average Bonchev–Trinajstić information content (AvgIpc) is 2.18. The highest BCUT2D eigenvalue weighted by Crippen LogP contribution is 2.39. The van der Waals surface area contributed by atoms with E-state index in [-0.39, 0.29) is 0 Å². The Balaban J connectivity index is 0.000000606. The second kappa shape index (κ2) is 5.97. The number of hydrogen-bond acceptors (Lipinski definition) is 2. The molecule has 1 aliphatic rings. The molecule has 16 heavy (non-hydrogen) atoms. The minimum Gasteiger partial charge on any atom is -0.156 e. The van der Waals surface area contributed by atoms with Crippen molar-refractivity contribution in [3.63, 3.8) is 0 Å². The summed E-state index contributed by atoms with van der Waals surface area (Å²) < 4.78 is 0. The summed E-state index contributed by atoms with van der Waals surface area (Å²) in [6.45, 7) is 10.4. The van der Waals surface area contributed by atoms with Crippen LogP contribution < -0.4 is 0 Å². The van der Waals surface area contributed by atoms with Gasteiger partial charge in [0.05, 0.1) is 11.4 Å². The third-order valence-corrected chi connectivity index (χ3v) is 3.07. The normalized spacial score (nSPS) is 15.4. The monoisotopic (exact) mass is 220 g/mol. The van der Waals surface area contributed by atoms with Crippen LogP contribution in [0.15, 0.2) is 6.07 Å². The van der Waals surface area contributed by atoms with Gasteiger partial charge in [0, 0.05) is 0 Å². The van der Waals surface area contributed by atoms with Crippen LogP contribution in [0.5, 0.6) is 0 Å². The topological polar surface area (TPSA) is 25.8 Å². The summed E-state index contributed by atoms with van der Waals surface area (Å²) in [6, 6.07) is 2.23. The predicted octanol–water partition coefficient (Wildman–Crippen LogP) is 4.20. The van der Waals surface area contributed by atoms with Gasteiger partial charge >= 0.3 is 0 Å². The number of nitrogens with zero attached hydrogens (tertiary/aromatic N) is 2. The first-order chi connectivity index (χ1) is 7.68. The summed E-state index contributed by atoms with van der Waals surface area (Å²) >= 11 is 0. The van der Waals surface area contributed by atoms with Gasteiger partial charge in [0.15, 0.2) is 0 Å². The number of aryl methyl sites for hydroxylation is 1. The largest absolute Gasteiger partial charge is 0.156 e. The molecule has 1 fully saturated rings. The van der Waals surface area contributed by atoms with Crippen LogP contribution in [0.25, 0.3) is 0 Å². The van der Waals surface area contributed by atoms with Crippen molar-refractivity contribution in [2.24, 2.45) is 0 Å². The zero-order chi connectivity index (χ0) is 12.1. The number of hydrogen-bond donors (Lipinski definition) is 0. The second-order valence-corrected chi connectivity index (χ2v) is 4.61. The van der Waals surface area contributed by atoms with Crippen LogP contribution in [0.3, 0.4) is 0 Å². The molecule has 1 aliphatic carbocycles. The Morgan fingerprint density at radius 3 is 2.25 bits per heavy atom. The standard InChI is InChI=1S/C12H18N2.C2H6/c1-8(2)12-11(10-5-4-6-10)7-9(3)13-14-12;1-2/h7-8,10H,4-6H2,1-3H3;1-2H3. The van der Waals surface area contributed by atoms with Gasteiger partial charge in [-0.15, -0.1) is 0 Å². The Morgan fingerprint density at radius 2 is 1.81 bits per heavy atom. The van der Waals surface area contributed by atoms with Crippen molar-refractivity contribution in [3.8, 4) is 0 Å². The molecule has 0 amide bonds. The van der Waals surface area contributed by atoms with Gasteiger partial charge in [0.2, 0.25) is 0 Å². The second-order valence-electron chi connectivity index (χ2n) is 4.61. The lowest BCUT2D eigenvalue weighted by Gasteiger charge is -2.28. The van der Waals surface area contributed by atoms with Crippen LogP contribution in [0, 0.1) is 6.92 Å². The van der Waals surface area contributed by atoms with E-state index in [1.807, 2.05) is 20.8 Å². The maximum absolute atomic E-state index is 4.33. The first-order valence-electron chi connectivity index (χ1n) is 6.52. The molecule has 1 aromatic rings. The molecule has 90 valence electrons. The molecule has 1 heterocycles. The molecule has 0 aromatic carbocycles. The van der Waals surface area contributed by atoms with Gasteiger partial charge in [-0.1, -0.05) is 34.1 Å². The Hall–Kier alpha value is -0.920. The van der Waals surface area contributed by atoms with E-state index in [2.05, 4.69) is 30.1 Å². The molecule has 0 spiro atoms. The van der Waals surface area contributed by atoms with Crippen LogP contribution >= 0.6 is 0 Å². The fourth-order valence-corrected chi connectivity index (χ4v) is 2.01. The van der Waals surface area contributed by atoms with Gasteiger partial charge < -0.3 is 0 Å². The summed E-state index contributed by atoms with van der Waals surface area (Å²) in [4.78, 5) is 0. The van der Waals surface area contributed by atoms with E-state index in [4.69, 9.17) is 0 Å². The van der Waals surface area contributed by atoms with Crippen LogP contribution in [0.2, 0.25) is 0 Å². The van der Waals surface area contributed by atoms with Crippen molar-refractivity contribution in [1.29, 1.82) is 0 Å². The van der Waals surface area contributed by atoms with Crippen molar-refractivity contribution in [3.05, 3.63) is 23.0 Å². The van der Waals surface area contributed by atoms with E-state index < -0.39 is 0 Å². The number of aromatic nitrogens is 2. The van der Waals surface area contributed by atoms with Crippen LogP contribution in [0.4, 0.5) is 0 Å². The molecule has 2 heteroatoms. The van der Waals surface area contributed by atoms with Crippen molar-refractivity contribution >= 4 is 0 Å². The minimum absolute atomic E-state index is 0.499. The molecule has 2 rings (SSSR count). The highest BCUT2D eigenvalue weighted by Gasteiger charge is 2.24. The maximum Gasteiger partial charge on any atom is 0.0691 e. The van der Waals surface area contributed by atoms with Crippen molar-refractivity contribution in [2.75, 3.05) is 0 Å². The molecule has 2 nitrogen and oxygen atoms in total. The minimum atomic E-state index is 0.499. The summed E-state index contributed by atoms with van der Waals surface area (Å²) in [5.74, 6) is 1.26. The molecule has 0 N–H and O–H groups in total. The fraction of sp³-hybridized carbons (Fsp3) is 0.714. The fourth-order valence-electron chi connectivity index (χ4n) is 2.01. The third-order valence-electron chi connectivity index (χ3n) is 3.07. The quantitative estimate of drug-likeness (QED) is 0.746. The first kappa shape index (κ1) is 13.1. The van der Waals surface area contributed by atoms with Crippen LogP contribution in [-0.2, 0) is 0 Å². The zero-order valence-corrected chi connectivity index (χ0v) is 11.2. The van der Waals surface area contributed by atoms with Gasteiger partial charge in [-0.3, -0.25) is 0 Å². The van der Waals surface area contributed by atoms with Gasteiger partial charge in [0.1, 0.15) is 0 Å². The van der Waals surface area contributed by atoms with E-state index in [1.54, 1.807) is 0 Å². The first-order valence-corrected chi connectivity index (χ1v) is 6.52. The zero-order valence-electron chi connectivity index (χ0n) is 11.2. The number of rotatable bonds is 2. The van der Waals surface area contributed by atoms with Crippen LogP contribution in [-0.4, -0.2) is 10.2 Å². The molecule has 0 radical (unpaired) electrons. The lowest BCUT2D eigenvalue weighted by molar-refractivity contribution is 0.413. The van der Waals surface area contributed by atoms with Gasteiger partial charge in [-0.2, -0.15) is 10.2 Å². The Morgan fingerprint density at radius 1 is 1.19 bits per heavy atom. The summed E-state index contributed by atoms with van der Waals surface area (Å²) in [5, 5.41) is 8.48. The molecule has 0 unspecified atom stereocenters. The molecule has 1 saturated carbocycles. The maximum atomic E-state index is 4.33. The van der Waals surface area contributed by atoms with Gasteiger partial charge in [-0.05, 0) is 43.2 Å². The van der Waals surface area contributed by atoms with E-state index in [0.29, 0.717) is 5.92 Å². The summed E-state index contributed by atoms with van der Waals surface area (Å²) in [6.07, 6.45) is 4.05.